The Kier molecular flexibility index (Phi) is 7.99. The van der Waals surface area contributed by atoms with Gasteiger partial charge in [0.15, 0.2) is 5.82 Å². The zero-order chi connectivity index (χ0) is 30.2. The van der Waals surface area contributed by atoms with Crippen LogP contribution in [0.5, 0.6) is 0 Å². The first-order valence-corrected chi connectivity index (χ1v) is 14.6. The number of piperidine rings is 1. The minimum atomic E-state index is -0.556. The minimum absolute atomic E-state index is 0.0158. The summed E-state index contributed by atoms with van der Waals surface area (Å²) < 4.78 is 7.32. The second-order valence-corrected chi connectivity index (χ2v) is 12.4. The van der Waals surface area contributed by atoms with Crippen LogP contribution < -0.4 is 10.9 Å². The van der Waals surface area contributed by atoms with Crippen LogP contribution >= 0.6 is 0 Å². The van der Waals surface area contributed by atoms with Crippen LogP contribution in [-0.4, -0.2) is 68.3 Å². The number of carbonyl (C=O) groups is 2. The van der Waals surface area contributed by atoms with Crippen molar-refractivity contribution in [2.75, 3.05) is 25.5 Å². The maximum atomic E-state index is 13.4. The summed E-state index contributed by atoms with van der Waals surface area (Å²) in [5.41, 5.74) is 2.00. The highest BCUT2D eigenvalue weighted by molar-refractivity contribution is 5.97. The van der Waals surface area contributed by atoms with Gasteiger partial charge in [-0.3, -0.25) is 14.3 Å². The molecule has 1 atom stereocenters. The summed E-state index contributed by atoms with van der Waals surface area (Å²) in [6, 6.07) is 9.53. The highest BCUT2D eigenvalue weighted by Gasteiger charge is 2.35. The molecule has 11 heteroatoms. The van der Waals surface area contributed by atoms with E-state index in [-0.39, 0.29) is 29.6 Å². The van der Waals surface area contributed by atoms with E-state index in [0.717, 1.165) is 18.4 Å². The van der Waals surface area contributed by atoms with E-state index in [1.54, 1.807) is 24.2 Å². The number of benzene rings is 1. The third kappa shape index (κ3) is 6.12. The maximum Gasteiger partial charge on any atom is 0.410 e. The molecule has 2 N–H and O–H groups in total. The van der Waals surface area contributed by atoms with E-state index in [2.05, 4.69) is 16.4 Å². The molecule has 1 saturated carbocycles. The predicted molar refractivity (Wildman–Crippen MR) is 160 cm³/mol. The molecule has 0 spiro atoms. The average Bonchev–Trinajstić information content (AvgIpc) is 3.72. The Morgan fingerprint density at radius 2 is 1.93 bits per heavy atom. The van der Waals surface area contributed by atoms with Crippen LogP contribution in [0.1, 0.15) is 74.8 Å². The van der Waals surface area contributed by atoms with E-state index in [1.807, 2.05) is 55.5 Å². The van der Waals surface area contributed by atoms with Crippen molar-refractivity contribution < 1.29 is 14.3 Å². The van der Waals surface area contributed by atoms with Gasteiger partial charge in [0.25, 0.3) is 11.5 Å². The van der Waals surface area contributed by atoms with Gasteiger partial charge in [-0.25, -0.2) is 4.79 Å². The van der Waals surface area contributed by atoms with E-state index >= 15 is 0 Å². The van der Waals surface area contributed by atoms with Crippen molar-refractivity contribution in [1.82, 2.24) is 24.6 Å². The molecule has 3 heterocycles. The number of carbonyl (C=O) groups excluding carboxylic acids is 2. The fraction of sp³-hybridized carbons (Fsp3) is 0.516. The number of likely N-dealkylation sites (tertiary alicyclic amines) is 1. The lowest BCUT2D eigenvalue weighted by Crippen LogP contribution is -2.48. The van der Waals surface area contributed by atoms with Gasteiger partial charge in [0.1, 0.15) is 11.0 Å². The van der Waals surface area contributed by atoms with Crippen LogP contribution in [0.25, 0.3) is 10.9 Å². The van der Waals surface area contributed by atoms with E-state index < -0.39 is 5.60 Å². The fourth-order valence-electron chi connectivity index (χ4n) is 5.69. The maximum absolute atomic E-state index is 13.4. The standard InChI is InChI=1S/C31H39N7O4/c1-19-18-21(34-27-26-25(11-15-33-28(26)39)38(35-27)24(10-14-32)20-6-7-20)8-9-23(19)29(40)37-16-12-22(13-17-37)36(5)30(41)42-31(2,3)4/h8-9,11,15,18,20,22,24H,6-7,10,12-13,16-17H2,1-5H3,(H,33,39)(H,34,35)/t24-/m0/s1. The Bertz CT molecular complexity index is 1580. The second-order valence-electron chi connectivity index (χ2n) is 12.4. The summed E-state index contributed by atoms with van der Waals surface area (Å²) in [6.45, 7) is 8.53. The number of hydrogen-bond acceptors (Lipinski definition) is 7. The van der Waals surface area contributed by atoms with E-state index in [1.165, 1.54) is 0 Å². The molecule has 1 aliphatic heterocycles. The molecule has 42 heavy (non-hydrogen) atoms. The number of hydrogen-bond donors (Lipinski definition) is 2. The molecule has 2 fully saturated rings. The van der Waals surface area contributed by atoms with Crippen molar-refractivity contribution in [3.8, 4) is 6.07 Å². The second kappa shape index (κ2) is 11.5. The van der Waals surface area contributed by atoms with Gasteiger partial charge >= 0.3 is 6.09 Å². The normalized spacial score (nSPS) is 16.6. The van der Waals surface area contributed by atoms with Gasteiger partial charge in [-0.15, -0.1) is 0 Å². The quantitative estimate of drug-likeness (QED) is 0.401. The zero-order valence-electron chi connectivity index (χ0n) is 24.9. The number of anilines is 2. The summed E-state index contributed by atoms with van der Waals surface area (Å²) in [4.78, 5) is 44.9. The third-order valence-corrected chi connectivity index (χ3v) is 8.11. The van der Waals surface area contributed by atoms with Gasteiger partial charge in [-0.2, -0.15) is 10.4 Å². The van der Waals surface area contributed by atoms with Gasteiger partial charge in [0, 0.05) is 43.6 Å². The topological polar surface area (TPSA) is 136 Å². The van der Waals surface area contributed by atoms with E-state index in [0.29, 0.717) is 66.2 Å². The van der Waals surface area contributed by atoms with Crippen molar-refractivity contribution >= 4 is 34.4 Å². The number of rotatable bonds is 7. The van der Waals surface area contributed by atoms with Gasteiger partial charge in [0.05, 0.1) is 24.0 Å². The van der Waals surface area contributed by atoms with Gasteiger partial charge in [-0.05, 0) is 89.1 Å². The molecule has 1 aliphatic carbocycles. The Balaban J connectivity index is 1.29. The van der Waals surface area contributed by atoms with Crippen molar-refractivity contribution in [1.29, 1.82) is 5.26 Å². The summed E-state index contributed by atoms with van der Waals surface area (Å²) in [5, 5.41) is 17.9. The molecule has 1 aromatic carbocycles. The van der Waals surface area contributed by atoms with E-state index in [9.17, 15) is 19.6 Å². The molecule has 5 rings (SSSR count). The number of amides is 2. The summed E-state index contributed by atoms with van der Waals surface area (Å²) in [5.74, 6) is 0.757. The predicted octanol–water partition coefficient (Wildman–Crippen LogP) is 5.11. The van der Waals surface area contributed by atoms with Gasteiger partial charge in [-0.1, -0.05) is 0 Å². The molecule has 0 unspecified atom stereocenters. The molecule has 3 aromatic rings. The summed E-state index contributed by atoms with van der Waals surface area (Å²) >= 11 is 0. The van der Waals surface area contributed by atoms with Crippen LogP contribution in [0, 0.1) is 24.2 Å². The molecule has 11 nitrogen and oxygen atoms in total. The minimum Gasteiger partial charge on any atom is -0.444 e. The highest BCUT2D eigenvalue weighted by Crippen LogP contribution is 2.43. The number of pyridine rings is 1. The molecule has 2 aromatic heterocycles. The Labute approximate surface area is 245 Å². The van der Waals surface area contributed by atoms with Crippen molar-refractivity contribution in [3.05, 3.63) is 51.9 Å². The lowest BCUT2D eigenvalue weighted by Gasteiger charge is -2.37. The average molecular weight is 574 g/mol. The number of H-pyrrole nitrogens is 1. The molecule has 2 amide bonds. The van der Waals surface area contributed by atoms with Crippen molar-refractivity contribution in [3.63, 3.8) is 0 Å². The van der Waals surface area contributed by atoms with Crippen LogP contribution in [-0.2, 0) is 4.74 Å². The number of nitrogens with zero attached hydrogens (tertiary/aromatic N) is 5. The highest BCUT2D eigenvalue weighted by atomic mass is 16.6. The number of aromatic nitrogens is 3. The summed E-state index contributed by atoms with van der Waals surface area (Å²) in [6.07, 6.45) is 5.04. The van der Waals surface area contributed by atoms with Crippen LogP contribution in [0.15, 0.2) is 35.3 Å². The molecular weight excluding hydrogens is 534 g/mol. The number of aromatic amines is 1. The first-order valence-electron chi connectivity index (χ1n) is 14.6. The number of fused-ring (bicyclic) bond motifs is 1. The Morgan fingerprint density at radius 3 is 2.55 bits per heavy atom. The lowest BCUT2D eigenvalue weighted by atomic mass is 10.0. The molecule has 0 radical (unpaired) electrons. The number of nitriles is 1. The number of ether oxygens (including phenoxy) is 1. The molecule has 2 aliphatic rings. The van der Waals surface area contributed by atoms with Gasteiger partial charge < -0.3 is 24.8 Å². The number of nitrogens with one attached hydrogen (secondary N) is 2. The van der Waals surface area contributed by atoms with Crippen LogP contribution in [0.2, 0.25) is 0 Å². The van der Waals surface area contributed by atoms with Crippen molar-refractivity contribution in [2.24, 2.45) is 5.92 Å². The molecule has 0 bridgehead atoms. The van der Waals surface area contributed by atoms with Crippen molar-refractivity contribution in [2.45, 2.75) is 77.5 Å². The first kappa shape index (κ1) is 29.2. The molecule has 1 saturated heterocycles. The third-order valence-electron chi connectivity index (χ3n) is 8.11. The molecule has 222 valence electrons. The van der Waals surface area contributed by atoms with Crippen LogP contribution in [0.3, 0.4) is 0 Å². The smallest absolute Gasteiger partial charge is 0.410 e. The Morgan fingerprint density at radius 1 is 1.21 bits per heavy atom. The number of aryl methyl sites for hydroxylation is 1. The largest absolute Gasteiger partial charge is 0.444 e. The SMILES string of the molecule is Cc1cc(Nc2nn([C@@H](CC#N)C3CC3)c3cc[nH]c(=O)c23)ccc1C(=O)N1CCC(N(C)C(=O)OC(C)(C)C)CC1. The van der Waals surface area contributed by atoms with Crippen LogP contribution in [0.4, 0.5) is 16.3 Å². The first-order chi connectivity index (χ1) is 20.0. The molecular formula is C31H39N7O4. The lowest BCUT2D eigenvalue weighted by molar-refractivity contribution is 0.0156. The zero-order valence-corrected chi connectivity index (χ0v) is 24.9. The van der Waals surface area contributed by atoms with Gasteiger partial charge in [0.2, 0.25) is 0 Å². The Hall–Kier alpha value is -4.33. The fourth-order valence-corrected chi connectivity index (χ4v) is 5.69. The summed E-state index contributed by atoms with van der Waals surface area (Å²) in [7, 11) is 1.75. The van der Waals surface area contributed by atoms with E-state index in [4.69, 9.17) is 9.84 Å². The monoisotopic (exact) mass is 573 g/mol.